The van der Waals surface area contributed by atoms with Crippen LogP contribution in [0.4, 0.5) is 0 Å². The lowest BCUT2D eigenvalue weighted by Crippen LogP contribution is -2.23. The van der Waals surface area contributed by atoms with E-state index in [1.807, 2.05) is 17.9 Å². The summed E-state index contributed by atoms with van der Waals surface area (Å²) in [6, 6.07) is 2.08. The molecule has 1 aliphatic rings. The Kier molecular flexibility index (Phi) is 3.10. The highest BCUT2D eigenvalue weighted by Crippen LogP contribution is 2.48. The Morgan fingerprint density at radius 2 is 2.33 bits per heavy atom. The van der Waals surface area contributed by atoms with Gasteiger partial charge in [-0.3, -0.25) is 4.68 Å². The van der Waals surface area contributed by atoms with Gasteiger partial charge in [-0.15, -0.1) is 0 Å². The topological polar surface area (TPSA) is 29.9 Å². The predicted octanol–water partition coefficient (Wildman–Crippen LogP) is 2.09. The van der Waals surface area contributed by atoms with Gasteiger partial charge in [0.15, 0.2) is 0 Å². The van der Waals surface area contributed by atoms with Crippen LogP contribution in [-0.4, -0.2) is 16.3 Å². The maximum absolute atomic E-state index is 4.35. The second-order valence-corrected chi connectivity index (χ2v) is 4.83. The molecule has 1 N–H and O–H groups in total. The Bertz CT molecular complexity index is 312. The minimum atomic E-state index is 0.642. The van der Waals surface area contributed by atoms with Crippen LogP contribution in [0.5, 0.6) is 0 Å². The molecule has 1 heterocycles. The first kappa shape index (κ1) is 10.7. The van der Waals surface area contributed by atoms with Gasteiger partial charge in [0.1, 0.15) is 0 Å². The normalized spacial score (nSPS) is 18.0. The number of aryl methyl sites for hydroxylation is 1. The molecule has 0 radical (unpaired) electrons. The van der Waals surface area contributed by atoms with Gasteiger partial charge in [-0.1, -0.05) is 13.3 Å². The van der Waals surface area contributed by atoms with Crippen LogP contribution < -0.4 is 5.32 Å². The number of hydrogen-bond donors (Lipinski definition) is 1. The van der Waals surface area contributed by atoms with Crippen LogP contribution in [0.1, 0.15) is 38.3 Å². The van der Waals surface area contributed by atoms with Gasteiger partial charge >= 0.3 is 0 Å². The summed E-state index contributed by atoms with van der Waals surface area (Å²) in [5.74, 6) is 0. The summed E-state index contributed by atoms with van der Waals surface area (Å²) in [6.45, 7) is 4.35. The maximum atomic E-state index is 4.35. The van der Waals surface area contributed by atoms with Crippen molar-refractivity contribution in [3.63, 3.8) is 0 Å². The summed E-state index contributed by atoms with van der Waals surface area (Å²) in [6.07, 6.45) is 7.51. The van der Waals surface area contributed by atoms with Gasteiger partial charge in [0.2, 0.25) is 0 Å². The first-order chi connectivity index (χ1) is 7.24. The molecule has 0 bridgehead atoms. The Labute approximate surface area is 91.9 Å². The Morgan fingerprint density at radius 1 is 1.53 bits per heavy atom. The lowest BCUT2D eigenvalue weighted by Gasteiger charge is -2.13. The van der Waals surface area contributed by atoms with Crippen LogP contribution >= 0.6 is 0 Å². The maximum Gasteiger partial charge on any atom is 0.0762 e. The average Bonchev–Trinajstić information content (AvgIpc) is 2.83. The van der Waals surface area contributed by atoms with E-state index in [0.29, 0.717) is 5.41 Å². The molecule has 1 aliphatic carbocycles. The molecule has 1 aromatic heterocycles. The Morgan fingerprint density at radius 3 is 2.87 bits per heavy atom. The van der Waals surface area contributed by atoms with Crippen LogP contribution in [0.15, 0.2) is 12.3 Å². The average molecular weight is 207 g/mol. The van der Waals surface area contributed by atoms with Crippen molar-refractivity contribution in [1.29, 1.82) is 0 Å². The molecule has 84 valence electrons. The molecule has 1 aromatic rings. The van der Waals surface area contributed by atoms with E-state index in [9.17, 15) is 0 Å². The fourth-order valence-corrected chi connectivity index (χ4v) is 2.24. The highest BCUT2D eigenvalue weighted by Gasteiger charge is 2.40. The Hall–Kier alpha value is -0.830. The molecule has 15 heavy (non-hydrogen) atoms. The van der Waals surface area contributed by atoms with Crippen LogP contribution in [0.3, 0.4) is 0 Å². The standard InChI is InChI=1S/C12H21N3/c1-3-5-12(6-7-12)10-13-9-11-4-8-15(2)14-11/h4,8,13H,3,5-7,9-10H2,1-2H3. The van der Waals surface area contributed by atoms with Crippen molar-refractivity contribution in [3.05, 3.63) is 18.0 Å². The molecule has 0 amide bonds. The lowest BCUT2D eigenvalue weighted by molar-refractivity contribution is 0.419. The molecule has 2 rings (SSSR count). The molecular weight excluding hydrogens is 186 g/mol. The first-order valence-electron chi connectivity index (χ1n) is 5.93. The number of aromatic nitrogens is 2. The van der Waals surface area contributed by atoms with Gasteiger partial charge in [0, 0.05) is 26.3 Å². The third kappa shape index (κ3) is 2.81. The van der Waals surface area contributed by atoms with Gasteiger partial charge in [0.25, 0.3) is 0 Å². The molecule has 1 saturated carbocycles. The van der Waals surface area contributed by atoms with E-state index in [1.165, 1.54) is 25.7 Å². The molecule has 1 fully saturated rings. The summed E-state index contributed by atoms with van der Waals surface area (Å²) >= 11 is 0. The van der Waals surface area contributed by atoms with E-state index in [-0.39, 0.29) is 0 Å². The van der Waals surface area contributed by atoms with E-state index < -0.39 is 0 Å². The van der Waals surface area contributed by atoms with Gasteiger partial charge in [-0.05, 0) is 30.7 Å². The van der Waals surface area contributed by atoms with Crippen LogP contribution in [0, 0.1) is 5.41 Å². The minimum Gasteiger partial charge on any atom is -0.311 e. The summed E-state index contributed by atoms with van der Waals surface area (Å²) in [7, 11) is 1.96. The predicted molar refractivity (Wildman–Crippen MR) is 61.5 cm³/mol. The molecule has 0 aliphatic heterocycles. The third-order valence-electron chi connectivity index (χ3n) is 3.31. The van der Waals surface area contributed by atoms with Gasteiger partial charge in [-0.25, -0.2) is 0 Å². The Balaban J connectivity index is 1.71. The summed E-state index contributed by atoms with van der Waals surface area (Å²) < 4.78 is 1.86. The quantitative estimate of drug-likeness (QED) is 0.774. The zero-order valence-corrected chi connectivity index (χ0v) is 9.79. The van der Waals surface area contributed by atoms with Crippen molar-refractivity contribution in [1.82, 2.24) is 15.1 Å². The van der Waals surface area contributed by atoms with Crippen LogP contribution in [-0.2, 0) is 13.6 Å². The molecule has 0 atom stereocenters. The molecule has 3 heteroatoms. The molecule has 0 spiro atoms. The largest absolute Gasteiger partial charge is 0.311 e. The summed E-state index contributed by atoms with van der Waals surface area (Å²) in [5, 5.41) is 7.88. The van der Waals surface area contributed by atoms with Crippen molar-refractivity contribution in [2.45, 2.75) is 39.2 Å². The van der Waals surface area contributed by atoms with Crippen molar-refractivity contribution >= 4 is 0 Å². The number of hydrogen-bond acceptors (Lipinski definition) is 2. The van der Waals surface area contributed by atoms with E-state index in [4.69, 9.17) is 0 Å². The van der Waals surface area contributed by atoms with Gasteiger partial charge < -0.3 is 5.32 Å². The van der Waals surface area contributed by atoms with E-state index >= 15 is 0 Å². The number of nitrogens with zero attached hydrogens (tertiary/aromatic N) is 2. The van der Waals surface area contributed by atoms with E-state index in [2.05, 4.69) is 23.4 Å². The highest BCUT2D eigenvalue weighted by molar-refractivity contribution is 4.99. The van der Waals surface area contributed by atoms with Crippen LogP contribution in [0.2, 0.25) is 0 Å². The smallest absolute Gasteiger partial charge is 0.0762 e. The highest BCUT2D eigenvalue weighted by atomic mass is 15.3. The number of rotatable bonds is 6. The van der Waals surface area contributed by atoms with E-state index in [1.54, 1.807) is 0 Å². The lowest BCUT2D eigenvalue weighted by atomic mass is 10.0. The SMILES string of the molecule is CCCC1(CNCc2ccn(C)n2)CC1. The molecule has 3 nitrogen and oxygen atoms in total. The molecule has 0 unspecified atom stereocenters. The number of nitrogens with one attached hydrogen (secondary N) is 1. The van der Waals surface area contributed by atoms with Gasteiger partial charge in [-0.2, -0.15) is 5.10 Å². The van der Waals surface area contributed by atoms with E-state index in [0.717, 1.165) is 18.8 Å². The van der Waals surface area contributed by atoms with Crippen molar-refractivity contribution in [2.24, 2.45) is 12.5 Å². The third-order valence-corrected chi connectivity index (χ3v) is 3.31. The molecule has 0 aromatic carbocycles. The summed E-state index contributed by atoms with van der Waals surface area (Å²) in [5.41, 5.74) is 1.79. The zero-order chi connectivity index (χ0) is 10.7. The second kappa shape index (κ2) is 4.35. The molecule has 0 saturated heterocycles. The van der Waals surface area contributed by atoms with Crippen LogP contribution in [0.25, 0.3) is 0 Å². The van der Waals surface area contributed by atoms with Crippen molar-refractivity contribution in [3.8, 4) is 0 Å². The fourth-order valence-electron chi connectivity index (χ4n) is 2.24. The zero-order valence-electron chi connectivity index (χ0n) is 9.79. The first-order valence-corrected chi connectivity index (χ1v) is 5.93. The van der Waals surface area contributed by atoms with Gasteiger partial charge in [0.05, 0.1) is 5.69 Å². The fraction of sp³-hybridized carbons (Fsp3) is 0.750. The van der Waals surface area contributed by atoms with Crippen molar-refractivity contribution < 1.29 is 0 Å². The summed E-state index contributed by atoms with van der Waals surface area (Å²) in [4.78, 5) is 0. The minimum absolute atomic E-state index is 0.642. The molecular formula is C12H21N3. The monoisotopic (exact) mass is 207 g/mol. The second-order valence-electron chi connectivity index (χ2n) is 4.83. The van der Waals surface area contributed by atoms with Crippen molar-refractivity contribution in [2.75, 3.05) is 6.54 Å².